The summed E-state index contributed by atoms with van der Waals surface area (Å²) < 4.78 is 50.6. The number of rotatable bonds is 11. The van der Waals surface area contributed by atoms with Crippen LogP contribution in [0.3, 0.4) is 0 Å². The molecule has 0 radical (unpaired) electrons. The number of ketones is 1. The standard InChI is InChI=1S/C13H20N5O15P3/c1-5(19)11(21)16-13-15-10-9(12(22)17-13)14-4-18(10)8-2-6(20)7(31-8)3-30-35(26,27)33-36(28,29)32-34(23,24)25/h4,6-8,11,20-21H,2-3H2,1H3,(H,26,27)(H,28,29)(H2,23,24,25)(H2,15,16,17,22)/p-4/t6-,7+,8+,11?/m0/s1. The van der Waals surface area contributed by atoms with Gasteiger partial charge in [-0.2, -0.15) is 4.98 Å². The van der Waals surface area contributed by atoms with Gasteiger partial charge in [-0.3, -0.25) is 32.6 Å². The van der Waals surface area contributed by atoms with Crippen molar-refractivity contribution in [3.8, 4) is 0 Å². The molecule has 20 nitrogen and oxygen atoms in total. The topological polar surface area (TPSA) is 314 Å². The summed E-state index contributed by atoms with van der Waals surface area (Å²) in [5.74, 6) is -0.976. The number of Topliss-reactive ketones (excluding diaryl/α,β-unsaturated/α-hetero) is 1. The number of nitrogens with zero attached hydrogens (tertiary/aromatic N) is 3. The van der Waals surface area contributed by atoms with E-state index < -0.39 is 66.1 Å². The second kappa shape index (κ2) is 10.5. The Hall–Kier alpha value is -1.89. The lowest BCUT2D eigenvalue weighted by atomic mass is 10.2. The Kier molecular flexibility index (Phi) is 8.34. The number of carbonyl (C=O) groups is 1. The first kappa shape index (κ1) is 28.7. The number of phosphoric acid groups is 3. The average molecular weight is 575 g/mol. The van der Waals surface area contributed by atoms with Crippen molar-refractivity contribution in [1.29, 1.82) is 0 Å². The maximum absolute atomic E-state index is 12.2. The lowest BCUT2D eigenvalue weighted by molar-refractivity contribution is -0.339. The number of aliphatic hydroxyl groups excluding tert-OH is 2. The molecule has 3 rings (SSSR count). The van der Waals surface area contributed by atoms with Crippen molar-refractivity contribution in [1.82, 2.24) is 19.5 Å². The van der Waals surface area contributed by atoms with Gasteiger partial charge in [0.1, 0.15) is 12.3 Å². The largest absolute Gasteiger partial charge is 0.790 e. The SMILES string of the molecule is CC(=O)C(O)Nc1nc2c(ncn2[C@H]2C[C@H](O)[C@@H](COP(=O)([O-])OP(=O)([O-])OP(=O)([O-])[O-])O2)c(=O)[nH]1. The van der Waals surface area contributed by atoms with Crippen molar-refractivity contribution in [2.75, 3.05) is 11.9 Å². The van der Waals surface area contributed by atoms with Crippen LogP contribution in [0, 0.1) is 0 Å². The molecule has 1 aliphatic heterocycles. The predicted octanol–water partition coefficient (Wildman–Crippen LogP) is -4.10. The van der Waals surface area contributed by atoms with Gasteiger partial charge in [0.05, 0.1) is 26.9 Å². The number of ether oxygens (including phenoxy) is 1. The molecule has 3 unspecified atom stereocenters. The van der Waals surface area contributed by atoms with Crippen LogP contribution in [-0.4, -0.2) is 60.6 Å². The van der Waals surface area contributed by atoms with Gasteiger partial charge >= 0.3 is 0 Å². The summed E-state index contributed by atoms with van der Waals surface area (Å²) in [7, 11) is -18.1. The van der Waals surface area contributed by atoms with Gasteiger partial charge in [-0.25, -0.2) is 9.29 Å². The van der Waals surface area contributed by atoms with Crippen LogP contribution in [0.25, 0.3) is 11.2 Å². The van der Waals surface area contributed by atoms with Gasteiger partial charge < -0.3 is 48.9 Å². The van der Waals surface area contributed by atoms with E-state index in [0.717, 1.165) is 13.3 Å². The third kappa shape index (κ3) is 7.33. The summed E-state index contributed by atoms with van der Waals surface area (Å²) in [6.45, 7) is 0.0540. The first-order valence-corrected chi connectivity index (χ1v) is 13.8. The zero-order chi connectivity index (χ0) is 27.1. The second-order valence-corrected chi connectivity index (χ2v) is 11.4. The summed E-state index contributed by atoms with van der Waals surface area (Å²) in [6.07, 6.45) is -4.74. The van der Waals surface area contributed by atoms with Crippen molar-refractivity contribution in [2.24, 2.45) is 0 Å². The number of anilines is 1. The number of hydrogen-bond acceptors (Lipinski definition) is 18. The van der Waals surface area contributed by atoms with Gasteiger partial charge in [-0.1, -0.05) is 0 Å². The minimum atomic E-state index is -6.16. The minimum Gasteiger partial charge on any atom is -0.790 e. The Morgan fingerprint density at radius 1 is 1.31 bits per heavy atom. The molecule has 23 heteroatoms. The van der Waals surface area contributed by atoms with Gasteiger partial charge in [-0.05, 0) is 6.92 Å². The van der Waals surface area contributed by atoms with Crippen LogP contribution in [0.15, 0.2) is 11.1 Å². The molecule has 0 amide bonds. The van der Waals surface area contributed by atoms with E-state index in [4.69, 9.17) is 4.74 Å². The fourth-order valence-electron chi connectivity index (χ4n) is 2.92. The smallest absolute Gasteiger partial charge is 0.280 e. The molecule has 1 fully saturated rings. The number of imidazole rings is 1. The third-order valence-electron chi connectivity index (χ3n) is 4.40. The Balaban J connectivity index is 1.72. The van der Waals surface area contributed by atoms with Crippen LogP contribution in [0.1, 0.15) is 19.6 Å². The van der Waals surface area contributed by atoms with Gasteiger partial charge in [0, 0.05) is 6.42 Å². The van der Waals surface area contributed by atoms with Gasteiger partial charge in [-0.15, -0.1) is 0 Å². The summed E-state index contributed by atoms with van der Waals surface area (Å²) in [4.78, 5) is 77.2. The van der Waals surface area contributed by atoms with Crippen LogP contribution in [0.5, 0.6) is 0 Å². The molecule has 6 atom stereocenters. The van der Waals surface area contributed by atoms with Crippen molar-refractivity contribution >= 4 is 46.4 Å². The van der Waals surface area contributed by atoms with Crippen molar-refractivity contribution in [2.45, 2.75) is 38.0 Å². The maximum Gasteiger partial charge on any atom is 0.280 e. The highest BCUT2D eigenvalue weighted by Gasteiger charge is 2.37. The summed E-state index contributed by atoms with van der Waals surface area (Å²) in [6, 6.07) is 0. The number of aromatic amines is 1. The Labute approximate surface area is 199 Å². The summed E-state index contributed by atoms with van der Waals surface area (Å²) in [5.41, 5.74) is -1.06. The van der Waals surface area contributed by atoms with E-state index in [1.54, 1.807) is 0 Å². The Morgan fingerprint density at radius 3 is 2.58 bits per heavy atom. The van der Waals surface area contributed by atoms with E-state index in [1.165, 1.54) is 4.57 Å². The molecule has 0 saturated carbocycles. The molecule has 2 aromatic rings. The lowest BCUT2D eigenvalue weighted by Gasteiger charge is -2.37. The summed E-state index contributed by atoms with van der Waals surface area (Å²) >= 11 is 0. The van der Waals surface area contributed by atoms with E-state index >= 15 is 0 Å². The number of fused-ring (bicyclic) bond motifs is 1. The van der Waals surface area contributed by atoms with Crippen LogP contribution < -0.4 is 30.4 Å². The molecule has 0 bridgehead atoms. The van der Waals surface area contributed by atoms with Gasteiger partial charge in [0.15, 0.2) is 23.2 Å². The summed E-state index contributed by atoms with van der Waals surface area (Å²) in [5, 5.41) is 22.1. The van der Waals surface area contributed by atoms with Crippen LogP contribution in [-0.2, 0) is 36.4 Å². The Bertz CT molecular complexity index is 1340. The maximum atomic E-state index is 12.2. The molecule has 1 saturated heterocycles. The average Bonchev–Trinajstić information content (AvgIpc) is 3.27. The molecular weight excluding hydrogens is 559 g/mol. The van der Waals surface area contributed by atoms with Crippen LogP contribution in [0.2, 0.25) is 0 Å². The number of nitrogens with one attached hydrogen (secondary N) is 2. The second-order valence-electron chi connectivity index (χ2n) is 7.13. The molecule has 4 N–H and O–H groups in total. The normalized spacial score (nSPS) is 24.8. The third-order valence-corrected chi connectivity index (χ3v) is 8.07. The van der Waals surface area contributed by atoms with E-state index in [1.807, 2.05) is 0 Å². The number of aliphatic hydroxyl groups is 2. The highest BCUT2D eigenvalue weighted by atomic mass is 31.3. The lowest BCUT2D eigenvalue weighted by Crippen LogP contribution is -2.29. The molecule has 202 valence electrons. The van der Waals surface area contributed by atoms with E-state index in [2.05, 4.69) is 33.4 Å². The molecular formula is C13H16N5O15P3-4. The first-order chi connectivity index (χ1) is 16.5. The number of aromatic nitrogens is 4. The highest BCUT2D eigenvalue weighted by Crippen LogP contribution is 2.60. The van der Waals surface area contributed by atoms with E-state index in [-0.39, 0.29) is 23.5 Å². The van der Waals surface area contributed by atoms with Crippen LogP contribution in [0.4, 0.5) is 5.95 Å². The number of H-pyrrole nitrogens is 1. The Morgan fingerprint density at radius 2 is 1.97 bits per heavy atom. The van der Waals surface area contributed by atoms with Crippen molar-refractivity contribution in [3.05, 3.63) is 16.7 Å². The fourth-order valence-corrected chi connectivity index (χ4v) is 5.79. The zero-order valence-corrected chi connectivity index (χ0v) is 20.4. The highest BCUT2D eigenvalue weighted by molar-refractivity contribution is 7.64. The molecule has 1 aliphatic rings. The quantitative estimate of drug-likeness (QED) is 0.146. The molecule has 36 heavy (non-hydrogen) atoms. The van der Waals surface area contributed by atoms with Crippen LogP contribution >= 0.6 is 23.5 Å². The molecule has 3 heterocycles. The number of hydrogen-bond donors (Lipinski definition) is 4. The first-order valence-electron chi connectivity index (χ1n) is 9.43. The molecule has 0 aromatic carbocycles. The fraction of sp³-hybridized carbons (Fsp3) is 0.538. The zero-order valence-electron chi connectivity index (χ0n) is 17.7. The number of phosphoric ester groups is 1. The molecule has 0 spiro atoms. The van der Waals surface area contributed by atoms with E-state index in [9.17, 15) is 53.1 Å². The number of carbonyl (C=O) groups excluding carboxylic acids is 1. The molecule has 2 aromatic heterocycles. The van der Waals surface area contributed by atoms with E-state index in [0.29, 0.717) is 0 Å². The molecule has 0 aliphatic carbocycles. The van der Waals surface area contributed by atoms with Crippen molar-refractivity contribution < 1.29 is 66.2 Å². The minimum absolute atomic E-state index is 0.113. The van der Waals surface area contributed by atoms with Gasteiger partial charge in [0.25, 0.3) is 21.2 Å². The van der Waals surface area contributed by atoms with Crippen molar-refractivity contribution in [3.63, 3.8) is 0 Å². The monoisotopic (exact) mass is 575 g/mol. The van der Waals surface area contributed by atoms with Gasteiger partial charge in [0.2, 0.25) is 5.95 Å². The predicted molar refractivity (Wildman–Crippen MR) is 104 cm³/mol.